The molecule has 4 rings (SSSR count). The molecule has 1 amide bonds. The second kappa shape index (κ2) is 9.60. The first-order valence-corrected chi connectivity index (χ1v) is 11.0. The molecular weight excluding hydrogens is 464 g/mol. The van der Waals surface area contributed by atoms with Gasteiger partial charge in [0.05, 0.1) is 28.3 Å². The Hall–Kier alpha value is -3.43. The Balaban J connectivity index is 1.41. The molecule has 0 aliphatic carbocycles. The average Bonchev–Trinajstić information content (AvgIpc) is 2.83. The first-order valence-electron chi connectivity index (χ1n) is 10.2. The fourth-order valence-corrected chi connectivity index (χ4v) is 4.40. The lowest BCUT2D eigenvalue weighted by molar-refractivity contribution is -0.384. The van der Waals surface area contributed by atoms with Crippen molar-refractivity contribution >= 4 is 57.0 Å². The van der Waals surface area contributed by atoms with Gasteiger partial charge in [0.2, 0.25) is 0 Å². The number of benzene rings is 3. The number of hydrogen-bond donors (Lipinski definition) is 1. The van der Waals surface area contributed by atoms with E-state index in [-0.39, 0.29) is 11.6 Å². The van der Waals surface area contributed by atoms with Gasteiger partial charge in [0, 0.05) is 38.3 Å². The number of ether oxygens (including phenoxy) is 1. The zero-order valence-electron chi connectivity index (χ0n) is 17.8. The molecule has 0 saturated carbocycles. The summed E-state index contributed by atoms with van der Waals surface area (Å²) in [6.45, 7) is 2.35. The summed E-state index contributed by atoms with van der Waals surface area (Å²) in [6.07, 6.45) is 0. The van der Waals surface area contributed by atoms with Gasteiger partial charge in [-0.05, 0) is 41.2 Å². The van der Waals surface area contributed by atoms with Gasteiger partial charge < -0.3 is 14.5 Å². The standard InChI is InChI=1S/C23H21ClN4O4S/c1-32-21-13-16-5-3-2-4-15(16)12-18(21)22(29)25-23(33)27-10-8-26(9-11-27)20-7-6-17(28(30)31)14-19(20)24/h2-7,12-14H,8-11H2,1H3,(H,25,29,33). The van der Waals surface area contributed by atoms with Gasteiger partial charge in [-0.15, -0.1) is 0 Å². The Morgan fingerprint density at radius 2 is 1.76 bits per heavy atom. The molecule has 8 nitrogen and oxygen atoms in total. The topological polar surface area (TPSA) is 88.0 Å². The number of nitro benzene ring substituents is 1. The number of hydrogen-bond acceptors (Lipinski definition) is 6. The second-order valence-electron chi connectivity index (χ2n) is 7.53. The Morgan fingerprint density at radius 1 is 1.09 bits per heavy atom. The van der Waals surface area contributed by atoms with Crippen LogP contribution in [-0.4, -0.2) is 54.1 Å². The van der Waals surface area contributed by atoms with Crippen molar-refractivity contribution in [3.8, 4) is 5.75 Å². The van der Waals surface area contributed by atoms with Gasteiger partial charge in [-0.2, -0.15) is 0 Å². The molecule has 1 fully saturated rings. The van der Waals surface area contributed by atoms with E-state index in [4.69, 9.17) is 28.6 Å². The highest BCUT2D eigenvalue weighted by Crippen LogP contribution is 2.30. The van der Waals surface area contributed by atoms with Crippen LogP contribution in [0.5, 0.6) is 5.75 Å². The van der Waals surface area contributed by atoms with E-state index >= 15 is 0 Å². The van der Waals surface area contributed by atoms with Crippen LogP contribution in [0.3, 0.4) is 0 Å². The Kier molecular flexibility index (Phi) is 6.62. The summed E-state index contributed by atoms with van der Waals surface area (Å²) in [5, 5.41) is 16.3. The minimum atomic E-state index is -0.473. The van der Waals surface area contributed by atoms with Crippen LogP contribution in [0.15, 0.2) is 54.6 Å². The molecule has 0 aromatic heterocycles. The number of thiocarbonyl (C=S) groups is 1. The number of amides is 1. The number of non-ortho nitro benzene ring substituents is 1. The maximum atomic E-state index is 13.0. The number of nitrogens with one attached hydrogen (secondary N) is 1. The minimum Gasteiger partial charge on any atom is -0.496 e. The fourth-order valence-electron chi connectivity index (χ4n) is 3.83. The third kappa shape index (κ3) is 4.84. The van der Waals surface area contributed by atoms with Crippen LogP contribution in [0.4, 0.5) is 11.4 Å². The molecule has 0 atom stereocenters. The Morgan fingerprint density at radius 3 is 2.36 bits per heavy atom. The van der Waals surface area contributed by atoms with Crippen LogP contribution in [0.1, 0.15) is 10.4 Å². The molecule has 0 unspecified atom stereocenters. The van der Waals surface area contributed by atoms with E-state index in [0.29, 0.717) is 47.6 Å². The molecule has 1 aliphatic heterocycles. The van der Waals surface area contributed by atoms with Crippen LogP contribution in [0, 0.1) is 10.1 Å². The van der Waals surface area contributed by atoms with Crippen molar-refractivity contribution in [3.05, 3.63) is 75.3 Å². The van der Waals surface area contributed by atoms with E-state index in [1.807, 2.05) is 40.1 Å². The summed E-state index contributed by atoms with van der Waals surface area (Å²) in [7, 11) is 1.53. The quantitative estimate of drug-likeness (QED) is 0.336. The van der Waals surface area contributed by atoms with Crippen molar-refractivity contribution in [2.45, 2.75) is 0 Å². The number of nitro groups is 1. The Bertz CT molecular complexity index is 1240. The number of piperazine rings is 1. The zero-order chi connectivity index (χ0) is 23.5. The third-order valence-corrected chi connectivity index (χ3v) is 6.25. The summed E-state index contributed by atoms with van der Waals surface area (Å²) in [5.41, 5.74) is 1.10. The predicted octanol–water partition coefficient (Wildman–Crippen LogP) is 4.25. The number of rotatable bonds is 4. The first kappa shape index (κ1) is 22.8. The molecule has 1 heterocycles. The predicted molar refractivity (Wildman–Crippen MR) is 132 cm³/mol. The monoisotopic (exact) mass is 484 g/mol. The number of carbonyl (C=O) groups excluding carboxylic acids is 1. The first-order chi connectivity index (χ1) is 15.9. The number of anilines is 1. The summed E-state index contributed by atoms with van der Waals surface area (Å²) in [5.74, 6) is 0.148. The van der Waals surface area contributed by atoms with Crippen LogP contribution < -0.4 is 15.0 Å². The molecule has 3 aromatic rings. The molecule has 0 radical (unpaired) electrons. The minimum absolute atomic E-state index is 0.0459. The lowest BCUT2D eigenvalue weighted by Crippen LogP contribution is -2.52. The number of fused-ring (bicyclic) bond motifs is 1. The van der Waals surface area contributed by atoms with E-state index < -0.39 is 4.92 Å². The van der Waals surface area contributed by atoms with E-state index in [2.05, 4.69) is 5.32 Å². The number of halogens is 1. The lowest BCUT2D eigenvalue weighted by atomic mass is 10.1. The number of methoxy groups -OCH3 is 1. The molecule has 33 heavy (non-hydrogen) atoms. The third-order valence-electron chi connectivity index (χ3n) is 5.58. The molecule has 0 bridgehead atoms. The Labute approximate surface area is 200 Å². The van der Waals surface area contributed by atoms with Crippen LogP contribution >= 0.6 is 23.8 Å². The molecule has 1 N–H and O–H groups in total. The maximum Gasteiger partial charge on any atom is 0.271 e. The van der Waals surface area contributed by atoms with Crippen molar-refractivity contribution < 1.29 is 14.5 Å². The molecule has 1 saturated heterocycles. The van der Waals surface area contributed by atoms with Gasteiger partial charge in [0.15, 0.2) is 5.11 Å². The largest absolute Gasteiger partial charge is 0.496 e. The highest BCUT2D eigenvalue weighted by Gasteiger charge is 2.24. The molecule has 1 aliphatic rings. The lowest BCUT2D eigenvalue weighted by Gasteiger charge is -2.37. The summed E-state index contributed by atoms with van der Waals surface area (Å²) in [4.78, 5) is 27.4. The van der Waals surface area contributed by atoms with Crippen LogP contribution in [0.25, 0.3) is 10.8 Å². The zero-order valence-corrected chi connectivity index (χ0v) is 19.4. The number of nitrogens with zero attached hydrogens (tertiary/aromatic N) is 3. The molecule has 0 spiro atoms. The van der Waals surface area contributed by atoms with Crippen LogP contribution in [0.2, 0.25) is 5.02 Å². The van der Waals surface area contributed by atoms with Crippen molar-refractivity contribution in [1.29, 1.82) is 0 Å². The highest BCUT2D eigenvalue weighted by molar-refractivity contribution is 7.80. The van der Waals surface area contributed by atoms with Crippen molar-refractivity contribution in [2.24, 2.45) is 0 Å². The van der Waals surface area contributed by atoms with Gasteiger partial charge in [0.1, 0.15) is 5.75 Å². The van der Waals surface area contributed by atoms with E-state index in [1.54, 1.807) is 12.1 Å². The van der Waals surface area contributed by atoms with Crippen molar-refractivity contribution in [1.82, 2.24) is 10.2 Å². The summed E-state index contributed by atoms with van der Waals surface area (Å²) >= 11 is 11.7. The van der Waals surface area contributed by atoms with Gasteiger partial charge in [0.25, 0.3) is 11.6 Å². The van der Waals surface area contributed by atoms with Crippen LogP contribution in [-0.2, 0) is 0 Å². The highest BCUT2D eigenvalue weighted by atomic mass is 35.5. The molecular formula is C23H21ClN4O4S. The average molecular weight is 485 g/mol. The van der Waals surface area contributed by atoms with Crippen molar-refractivity contribution in [3.63, 3.8) is 0 Å². The summed E-state index contributed by atoms with van der Waals surface area (Å²) in [6, 6.07) is 15.8. The van der Waals surface area contributed by atoms with E-state index in [1.165, 1.54) is 19.2 Å². The number of carbonyl (C=O) groups is 1. The SMILES string of the molecule is COc1cc2ccccc2cc1C(=O)NC(=S)N1CCN(c2ccc([N+](=O)[O-])cc2Cl)CC1. The van der Waals surface area contributed by atoms with Crippen molar-refractivity contribution in [2.75, 3.05) is 38.2 Å². The van der Waals surface area contributed by atoms with E-state index in [0.717, 1.165) is 16.5 Å². The normalized spacial score (nSPS) is 13.6. The molecule has 170 valence electrons. The maximum absolute atomic E-state index is 13.0. The van der Waals surface area contributed by atoms with Gasteiger partial charge in [-0.3, -0.25) is 20.2 Å². The smallest absolute Gasteiger partial charge is 0.271 e. The second-order valence-corrected chi connectivity index (χ2v) is 8.32. The van der Waals surface area contributed by atoms with Gasteiger partial charge in [-0.25, -0.2) is 0 Å². The molecule has 10 heteroatoms. The summed E-state index contributed by atoms with van der Waals surface area (Å²) < 4.78 is 5.42. The van der Waals surface area contributed by atoms with E-state index in [9.17, 15) is 14.9 Å². The van der Waals surface area contributed by atoms with Gasteiger partial charge in [-0.1, -0.05) is 35.9 Å². The molecule has 3 aromatic carbocycles. The fraction of sp³-hybridized carbons (Fsp3) is 0.217. The van der Waals surface area contributed by atoms with Gasteiger partial charge >= 0.3 is 0 Å².